The van der Waals surface area contributed by atoms with Crippen molar-refractivity contribution >= 4 is 48.2 Å². The van der Waals surface area contributed by atoms with Crippen LogP contribution in [0.5, 0.6) is 0 Å². The van der Waals surface area contributed by atoms with Crippen LogP contribution in [0, 0.1) is 0 Å². The van der Waals surface area contributed by atoms with Crippen LogP contribution in [0.2, 0.25) is 0 Å². The van der Waals surface area contributed by atoms with Gasteiger partial charge in [0.2, 0.25) is 23.6 Å². The van der Waals surface area contributed by atoms with E-state index in [1.54, 1.807) is 0 Å². The maximum absolute atomic E-state index is 12.7. The van der Waals surface area contributed by atoms with Crippen molar-refractivity contribution in [2.24, 2.45) is 11.5 Å². The number of likely N-dealkylation sites (tertiary alicyclic amines) is 1. The van der Waals surface area contributed by atoms with Crippen LogP contribution in [0.15, 0.2) is 0 Å². The van der Waals surface area contributed by atoms with Gasteiger partial charge in [0.1, 0.15) is 18.1 Å². The zero-order valence-corrected chi connectivity index (χ0v) is 17.5. The fourth-order valence-electron chi connectivity index (χ4n) is 3.07. The summed E-state index contributed by atoms with van der Waals surface area (Å²) in [4.78, 5) is 72.1. The number of carbonyl (C=O) groups is 6. The molecule has 31 heavy (non-hydrogen) atoms. The highest BCUT2D eigenvalue weighted by Crippen LogP contribution is 2.19. The number of carbonyl (C=O) groups excluding carboxylic acids is 4. The summed E-state index contributed by atoms with van der Waals surface area (Å²) >= 11 is 3.96. The molecule has 0 aromatic heterocycles. The molecule has 8 N–H and O–H groups in total. The first-order valence-electron chi connectivity index (χ1n) is 9.48. The monoisotopic (exact) mass is 461 g/mol. The number of primary amides is 1. The van der Waals surface area contributed by atoms with Crippen molar-refractivity contribution in [3.63, 3.8) is 0 Å². The lowest BCUT2D eigenvalue weighted by Gasteiger charge is -2.28. The quantitative estimate of drug-likeness (QED) is 0.147. The number of hydrogen-bond donors (Lipinski definition) is 7. The predicted molar refractivity (Wildman–Crippen MR) is 109 cm³/mol. The van der Waals surface area contributed by atoms with Gasteiger partial charge in [0.25, 0.3) is 0 Å². The molecule has 0 aromatic rings. The van der Waals surface area contributed by atoms with E-state index in [0.717, 1.165) is 0 Å². The van der Waals surface area contributed by atoms with Gasteiger partial charge in [-0.1, -0.05) is 0 Å². The SMILES string of the molecule is NC(=O)CC(NC(=O)C1CCCN1C(=O)C(N)CS)C(=O)NC(CCC(=O)O)C(=O)O. The standard InChI is InChI=1S/C17H27N5O8S/c18-8(7-31)16(28)22-5-1-2-11(22)15(27)21-10(6-12(19)23)14(26)20-9(17(29)30)3-4-13(24)25/h8-11,31H,1-7,18H2,(H2,19,23)(H,20,26)(H,21,27)(H,24,25)(H,29,30). The minimum Gasteiger partial charge on any atom is -0.481 e. The van der Waals surface area contributed by atoms with Gasteiger partial charge in [-0.25, -0.2) is 4.79 Å². The highest BCUT2D eigenvalue weighted by molar-refractivity contribution is 7.80. The molecule has 1 rings (SSSR count). The molecule has 1 aliphatic rings. The predicted octanol–water partition coefficient (Wildman–Crippen LogP) is -2.97. The first kappa shape index (κ1) is 26.2. The average Bonchev–Trinajstić information content (AvgIpc) is 3.18. The molecule has 1 saturated heterocycles. The smallest absolute Gasteiger partial charge is 0.326 e. The lowest BCUT2D eigenvalue weighted by molar-refractivity contribution is -0.144. The number of carboxylic acids is 2. The molecule has 0 aliphatic carbocycles. The fourth-order valence-corrected chi connectivity index (χ4v) is 3.23. The van der Waals surface area contributed by atoms with Gasteiger partial charge in [-0.15, -0.1) is 0 Å². The van der Waals surface area contributed by atoms with Crippen molar-refractivity contribution in [1.29, 1.82) is 0 Å². The maximum atomic E-state index is 12.7. The summed E-state index contributed by atoms with van der Waals surface area (Å²) in [5.41, 5.74) is 10.8. The third-order valence-electron chi connectivity index (χ3n) is 4.65. The summed E-state index contributed by atoms with van der Waals surface area (Å²) in [6, 6.07) is -4.89. The van der Waals surface area contributed by atoms with Crippen LogP contribution in [0.25, 0.3) is 0 Å². The molecule has 0 saturated carbocycles. The van der Waals surface area contributed by atoms with Gasteiger partial charge in [-0.3, -0.25) is 24.0 Å². The molecule has 0 bridgehead atoms. The van der Waals surface area contributed by atoms with Crippen LogP contribution in [-0.2, 0) is 28.8 Å². The molecule has 4 amide bonds. The molecule has 0 radical (unpaired) electrons. The summed E-state index contributed by atoms with van der Waals surface area (Å²) in [5.74, 6) is -5.83. The van der Waals surface area contributed by atoms with Crippen LogP contribution in [0.1, 0.15) is 32.1 Å². The van der Waals surface area contributed by atoms with Crippen molar-refractivity contribution in [2.75, 3.05) is 12.3 Å². The van der Waals surface area contributed by atoms with Crippen LogP contribution < -0.4 is 22.1 Å². The third-order valence-corrected chi connectivity index (χ3v) is 5.05. The summed E-state index contributed by atoms with van der Waals surface area (Å²) in [6.45, 7) is 0.279. The second-order valence-corrected chi connectivity index (χ2v) is 7.41. The Balaban J connectivity index is 2.90. The topological polar surface area (TPSA) is 222 Å². The lowest BCUT2D eigenvalue weighted by atomic mass is 10.1. The van der Waals surface area contributed by atoms with Crippen LogP contribution in [0.4, 0.5) is 0 Å². The van der Waals surface area contributed by atoms with Crippen LogP contribution >= 0.6 is 12.6 Å². The number of amides is 4. The lowest BCUT2D eigenvalue weighted by Crippen LogP contribution is -2.57. The maximum Gasteiger partial charge on any atom is 0.326 e. The number of aliphatic carboxylic acids is 2. The minimum atomic E-state index is -1.55. The Kier molecular flexibility index (Phi) is 10.2. The molecule has 0 spiro atoms. The molecule has 14 heteroatoms. The number of rotatable bonds is 12. The molecular formula is C17H27N5O8S. The minimum absolute atomic E-state index is 0.0727. The van der Waals surface area contributed by atoms with Gasteiger partial charge in [0.15, 0.2) is 0 Å². The third kappa shape index (κ3) is 8.05. The van der Waals surface area contributed by atoms with E-state index < -0.39 is 79.0 Å². The van der Waals surface area contributed by atoms with Crippen molar-refractivity contribution in [1.82, 2.24) is 15.5 Å². The highest BCUT2D eigenvalue weighted by atomic mass is 32.1. The van der Waals surface area contributed by atoms with Gasteiger partial charge in [-0.05, 0) is 19.3 Å². The summed E-state index contributed by atoms with van der Waals surface area (Å²) < 4.78 is 0. The molecule has 4 atom stereocenters. The van der Waals surface area contributed by atoms with Crippen molar-refractivity contribution in [3.05, 3.63) is 0 Å². The van der Waals surface area contributed by atoms with Gasteiger partial charge >= 0.3 is 11.9 Å². The number of nitrogens with one attached hydrogen (secondary N) is 2. The van der Waals surface area contributed by atoms with E-state index in [2.05, 4.69) is 23.3 Å². The average molecular weight is 461 g/mol. The molecule has 0 aromatic carbocycles. The highest BCUT2D eigenvalue weighted by Gasteiger charge is 2.38. The Hall–Kier alpha value is -2.87. The van der Waals surface area contributed by atoms with Gasteiger partial charge in [0, 0.05) is 18.7 Å². The number of carboxylic acid groups (broad SMARTS) is 2. The zero-order valence-electron chi connectivity index (χ0n) is 16.7. The second-order valence-electron chi connectivity index (χ2n) is 7.04. The van der Waals surface area contributed by atoms with E-state index in [9.17, 15) is 33.9 Å². The van der Waals surface area contributed by atoms with Gasteiger partial charge in [-0.2, -0.15) is 12.6 Å². The van der Waals surface area contributed by atoms with Gasteiger partial charge < -0.3 is 37.2 Å². The van der Waals surface area contributed by atoms with Crippen molar-refractivity contribution < 1.29 is 39.0 Å². The Labute approximate surface area is 183 Å². The Bertz CT molecular complexity index is 733. The first-order valence-corrected chi connectivity index (χ1v) is 10.1. The molecule has 1 fully saturated rings. The Morgan fingerprint density at radius 2 is 1.74 bits per heavy atom. The Morgan fingerprint density at radius 1 is 1.10 bits per heavy atom. The van der Waals surface area contributed by atoms with E-state index in [0.29, 0.717) is 12.8 Å². The van der Waals surface area contributed by atoms with E-state index in [-0.39, 0.29) is 12.3 Å². The normalized spacial score (nSPS) is 18.5. The summed E-state index contributed by atoms with van der Waals surface area (Å²) in [5, 5.41) is 22.3. The summed E-state index contributed by atoms with van der Waals surface area (Å²) in [7, 11) is 0. The molecule has 1 aliphatic heterocycles. The first-order chi connectivity index (χ1) is 14.5. The second kappa shape index (κ2) is 12.1. The zero-order chi connectivity index (χ0) is 23.7. The summed E-state index contributed by atoms with van der Waals surface area (Å²) in [6.07, 6.45) is -0.724. The van der Waals surface area contributed by atoms with E-state index in [1.165, 1.54) is 4.90 Å². The van der Waals surface area contributed by atoms with E-state index in [4.69, 9.17) is 16.6 Å². The van der Waals surface area contributed by atoms with Crippen molar-refractivity contribution in [2.45, 2.75) is 56.3 Å². The molecule has 1 heterocycles. The number of nitrogens with zero attached hydrogens (tertiary/aromatic N) is 1. The van der Waals surface area contributed by atoms with Crippen LogP contribution in [0.3, 0.4) is 0 Å². The molecule has 4 unspecified atom stereocenters. The Morgan fingerprint density at radius 3 is 2.26 bits per heavy atom. The molecule has 174 valence electrons. The van der Waals surface area contributed by atoms with Crippen LogP contribution in [-0.4, -0.2) is 87.1 Å². The largest absolute Gasteiger partial charge is 0.481 e. The number of hydrogen-bond acceptors (Lipinski definition) is 8. The van der Waals surface area contributed by atoms with E-state index in [1.807, 2.05) is 0 Å². The molecule has 13 nitrogen and oxygen atoms in total. The van der Waals surface area contributed by atoms with Crippen molar-refractivity contribution in [3.8, 4) is 0 Å². The number of thiol groups is 1. The van der Waals surface area contributed by atoms with Gasteiger partial charge in [0.05, 0.1) is 12.5 Å². The number of nitrogens with two attached hydrogens (primary N) is 2. The molecular weight excluding hydrogens is 434 g/mol. The van der Waals surface area contributed by atoms with E-state index >= 15 is 0 Å². The fraction of sp³-hybridized carbons (Fsp3) is 0.647.